The van der Waals surface area contributed by atoms with E-state index in [0.717, 1.165) is 21.7 Å². The Balaban J connectivity index is 0.000000197. The van der Waals surface area contributed by atoms with Gasteiger partial charge in [-0.3, -0.25) is 4.98 Å². The largest absolute Gasteiger partial charge is 0.418 e. The Labute approximate surface area is 415 Å². The maximum absolute atomic E-state index is 15.4. The maximum Gasteiger partial charge on any atom is 0.410 e. The highest BCUT2D eigenvalue weighted by Crippen LogP contribution is 2.39. The number of hydrogen-bond donors (Lipinski definition) is 0. The number of carbonyl (C=O) groups excluding carboxylic acids is 1. The zero-order valence-electron chi connectivity index (χ0n) is 37.4. The first-order valence-corrected chi connectivity index (χ1v) is 21.5. The van der Waals surface area contributed by atoms with Gasteiger partial charge in [0.15, 0.2) is 82.5 Å². The van der Waals surface area contributed by atoms with Crippen molar-refractivity contribution in [1.29, 1.82) is 0 Å². The third-order valence-corrected chi connectivity index (χ3v) is 12.6. The molecule has 10 aromatic rings. The first kappa shape index (κ1) is 53.1. The molecule has 0 saturated heterocycles. The molecule has 0 atom stereocenters. The minimum Gasteiger partial charge on any atom is -0.418 e. The van der Waals surface area contributed by atoms with E-state index in [9.17, 15) is 57.5 Å². The van der Waals surface area contributed by atoms with Crippen LogP contribution in [0.5, 0.6) is 5.75 Å². The van der Waals surface area contributed by atoms with Gasteiger partial charge in [0, 0.05) is 16.3 Å². The molecule has 1 heterocycles. The Morgan fingerprint density at radius 2 is 0.753 bits per heavy atom. The molecule has 0 N–H and O–H groups in total. The van der Waals surface area contributed by atoms with Crippen molar-refractivity contribution < 1.29 is 102 Å². The summed E-state index contributed by atoms with van der Waals surface area (Å²) in [6.07, 6.45) is -2.18. The highest BCUT2D eigenvalue weighted by Gasteiger charge is 2.52. The molecular weight excluding hydrogens is 1080 g/mol. The van der Waals surface area contributed by atoms with Crippen LogP contribution in [-0.2, 0) is 6.54 Å². The van der Waals surface area contributed by atoms with Crippen molar-refractivity contribution in [2.45, 2.75) is 6.54 Å². The van der Waals surface area contributed by atoms with Crippen LogP contribution in [0.25, 0.3) is 32.3 Å². The summed E-state index contributed by atoms with van der Waals surface area (Å²) in [5.41, 5.74) is -12.8. The second-order valence-electron chi connectivity index (χ2n) is 16.7. The van der Waals surface area contributed by atoms with Gasteiger partial charge in [0.2, 0.25) is 0 Å². The second-order valence-corrected chi connectivity index (χ2v) is 16.7. The summed E-state index contributed by atoms with van der Waals surface area (Å²) < 4.78 is 302. The normalized spacial score (nSPS) is 11.7. The van der Waals surface area contributed by atoms with E-state index >= 15 is 35.1 Å². The lowest BCUT2D eigenvalue weighted by Gasteiger charge is -2.44. The Hall–Kier alpha value is -8.77. The van der Waals surface area contributed by atoms with E-state index in [4.69, 9.17) is 4.74 Å². The van der Waals surface area contributed by atoms with Gasteiger partial charge in [-0.05, 0) is 33.7 Å². The fourth-order valence-electron chi connectivity index (χ4n) is 9.30. The fraction of sp³-hybridized carbons (Fsp3) is 0.0192. The zero-order chi connectivity index (χ0) is 55.8. The maximum atomic E-state index is 15.4. The van der Waals surface area contributed by atoms with Gasteiger partial charge < -0.3 is 4.74 Å². The smallest absolute Gasteiger partial charge is 0.410 e. The monoisotopic (exact) mass is 1090 g/mol. The summed E-state index contributed by atoms with van der Waals surface area (Å²) in [4.78, 5) is 17.4. The molecule has 0 radical (unpaired) electrons. The van der Waals surface area contributed by atoms with Gasteiger partial charge in [0.1, 0.15) is 64.6 Å². The lowest BCUT2D eigenvalue weighted by molar-refractivity contribution is -0.691. The van der Waals surface area contributed by atoms with Crippen molar-refractivity contribution in [3.05, 3.63) is 231 Å². The predicted molar refractivity (Wildman–Crippen MR) is 234 cm³/mol. The highest BCUT2D eigenvalue weighted by atomic mass is 19.2. The first-order valence-electron chi connectivity index (χ1n) is 21.5. The Morgan fingerprint density at radius 3 is 1.16 bits per heavy atom. The summed E-state index contributed by atoms with van der Waals surface area (Å²) >= 11 is 0. The van der Waals surface area contributed by atoms with Gasteiger partial charge in [-0.2, -0.15) is 4.57 Å². The summed E-state index contributed by atoms with van der Waals surface area (Å²) in [6, 6.07) is 28.6. The average Bonchev–Trinajstić information content (AvgIpc) is 3.57. The lowest BCUT2D eigenvalue weighted by Crippen LogP contribution is -2.81. The molecule has 0 spiro atoms. The second kappa shape index (κ2) is 19.7. The molecular formula is C52H19BF20N2O2. The molecule has 0 aliphatic heterocycles. The molecule has 0 saturated carbocycles. The summed E-state index contributed by atoms with van der Waals surface area (Å²) in [5.74, 6) is -71.3. The Morgan fingerprint density at radius 1 is 0.403 bits per heavy atom. The third kappa shape index (κ3) is 8.16. The highest BCUT2D eigenvalue weighted by molar-refractivity contribution is 7.20. The predicted octanol–water partition coefficient (Wildman–Crippen LogP) is 11.4. The first-order chi connectivity index (χ1) is 36.5. The van der Waals surface area contributed by atoms with Crippen molar-refractivity contribution in [1.82, 2.24) is 4.98 Å². The molecule has 10 rings (SSSR count). The SMILES string of the molecule is Fc1c(F)c(F)c([B-](c2c(F)c(F)c(F)c(F)c2F)(c2c(F)c(F)c(F)c(F)c2F)c2c(F)c(F)c(F)c(F)c2F)c(F)c1F.O=C(Oc1ccc2ccc3cccc4ccc1c2c34)c1cncc[n+]1Cc1ccccc1. The summed E-state index contributed by atoms with van der Waals surface area (Å²) in [6.45, 7) is 0.562. The fourth-order valence-corrected chi connectivity index (χ4v) is 9.30. The number of ether oxygens (including phenoxy) is 1. The van der Waals surface area contributed by atoms with Crippen LogP contribution in [0.3, 0.4) is 0 Å². The van der Waals surface area contributed by atoms with Crippen molar-refractivity contribution >= 4 is 66.3 Å². The number of esters is 1. The van der Waals surface area contributed by atoms with Gasteiger partial charge in [-0.15, -0.1) is 21.9 Å². The quantitative estimate of drug-likeness (QED) is 0.0223. The summed E-state index contributed by atoms with van der Waals surface area (Å²) in [5, 5.41) is 6.73. The number of hydrogen-bond acceptors (Lipinski definition) is 3. The third-order valence-electron chi connectivity index (χ3n) is 12.6. The topological polar surface area (TPSA) is 43.1 Å². The minimum absolute atomic E-state index is 0.405. The number of benzene rings is 9. The van der Waals surface area contributed by atoms with E-state index in [0.29, 0.717) is 18.0 Å². The van der Waals surface area contributed by atoms with Crippen molar-refractivity contribution in [3.63, 3.8) is 0 Å². The number of carbonyl (C=O) groups is 1. The molecule has 77 heavy (non-hydrogen) atoms. The van der Waals surface area contributed by atoms with E-state index < -0.39 is 150 Å². The molecule has 0 aliphatic rings. The number of nitrogens with zero attached hydrogens (tertiary/aromatic N) is 2. The molecule has 4 nitrogen and oxygen atoms in total. The Bertz CT molecular complexity index is 3690. The molecule has 0 fully saturated rings. The van der Waals surface area contributed by atoms with Crippen LogP contribution < -0.4 is 31.2 Å². The number of rotatable bonds is 8. The Kier molecular flexibility index (Phi) is 13.6. The van der Waals surface area contributed by atoms with Crippen LogP contribution in [0.2, 0.25) is 0 Å². The molecule has 0 amide bonds. The van der Waals surface area contributed by atoms with Crippen LogP contribution in [0.15, 0.2) is 104 Å². The lowest BCUT2D eigenvalue weighted by atomic mass is 9.12. The van der Waals surface area contributed by atoms with Crippen LogP contribution in [-0.4, -0.2) is 17.1 Å². The van der Waals surface area contributed by atoms with Crippen LogP contribution in [0, 0.1) is 116 Å². The van der Waals surface area contributed by atoms with Crippen LogP contribution in [0.4, 0.5) is 87.8 Å². The molecule has 9 aromatic carbocycles. The van der Waals surface area contributed by atoms with Gasteiger partial charge >= 0.3 is 11.7 Å². The van der Waals surface area contributed by atoms with Gasteiger partial charge in [0.05, 0.1) is 6.20 Å². The molecule has 25 heteroatoms. The van der Waals surface area contributed by atoms with E-state index in [2.05, 4.69) is 41.4 Å². The van der Waals surface area contributed by atoms with Crippen LogP contribution in [0.1, 0.15) is 16.1 Å². The number of halogens is 20. The zero-order valence-corrected chi connectivity index (χ0v) is 37.4. The van der Waals surface area contributed by atoms with E-state index in [1.807, 2.05) is 53.1 Å². The molecule has 392 valence electrons. The summed E-state index contributed by atoms with van der Waals surface area (Å²) in [7, 11) is 0. The van der Waals surface area contributed by atoms with Gasteiger partial charge in [-0.25, -0.2) is 92.6 Å². The standard InChI is InChI=1S/C28H19N2O2.C24BF20/c31-28(24-17-29-15-16-30(24)18-19-5-2-1-3-6-19)32-25-14-12-22-10-9-20-7-4-8-21-11-13-23(25)27(22)26(20)21;26-5-1(6(27)14(35)21(42)13(5)34)25(2-7(28)15(36)22(43)16(37)8(2)29,3-9(30)17(38)23(44)18(39)10(3)31)4-11(32)19(40)24(45)20(41)12(4)33/h1-17H,18H2;/q+1;-1. The molecule has 1 aromatic heterocycles. The van der Waals surface area contributed by atoms with E-state index in [-0.39, 0.29) is 0 Å². The van der Waals surface area contributed by atoms with Gasteiger partial charge in [-0.1, -0.05) is 72.8 Å². The van der Waals surface area contributed by atoms with E-state index in [1.165, 1.54) is 16.2 Å². The van der Waals surface area contributed by atoms with Crippen molar-refractivity contribution in [3.8, 4) is 5.75 Å². The average molecular weight is 1090 g/mol. The number of aromatic nitrogens is 2. The van der Waals surface area contributed by atoms with Gasteiger partial charge in [0.25, 0.3) is 0 Å². The molecule has 0 bridgehead atoms. The minimum atomic E-state index is -7.22. The van der Waals surface area contributed by atoms with Crippen LogP contribution >= 0.6 is 0 Å². The van der Waals surface area contributed by atoms with E-state index in [1.54, 1.807) is 18.6 Å². The van der Waals surface area contributed by atoms with Crippen molar-refractivity contribution in [2.75, 3.05) is 0 Å². The molecule has 0 aliphatic carbocycles. The van der Waals surface area contributed by atoms with Crippen molar-refractivity contribution in [2.24, 2.45) is 0 Å². The molecule has 0 unspecified atom stereocenters.